The van der Waals surface area contributed by atoms with Crippen molar-refractivity contribution < 1.29 is 9.90 Å². The number of nitrogens with zero attached hydrogens (tertiary/aromatic N) is 1. The zero-order valence-corrected chi connectivity index (χ0v) is 16.3. The summed E-state index contributed by atoms with van der Waals surface area (Å²) >= 11 is 12.3. The van der Waals surface area contributed by atoms with Crippen molar-refractivity contribution in [3.05, 3.63) is 70.9 Å². The van der Waals surface area contributed by atoms with Gasteiger partial charge in [-0.15, -0.1) is 11.6 Å². The van der Waals surface area contributed by atoms with Crippen molar-refractivity contribution in [2.75, 3.05) is 17.3 Å². The predicted molar refractivity (Wildman–Crippen MR) is 114 cm³/mol. The normalized spacial score (nSPS) is 16.1. The van der Waals surface area contributed by atoms with Crippen LogP contribution < -0.4 is 4.90 Å². The number of H-pyrrole nitrogens is 1. The van der Waals surface area contributed by atoms with Crippen LogP contribution in [0, 0.1) is 0 Å². The number of fused-ring (bicyclic) bond motifs is 4. The molecular weight excluding hydrogens is 395 g/mol. The SMILES string of the molecule is O=C(c1cc2cc(Cl)ccc2[nH]1)N1C[C@@H](CCl)c2c1cc(O)c1ccccc21. The molecule has 0 saturated carbocycles. The van der Waals surface area contributed by atoms with E-state index in [-0.39, 0.29) is 17.6 Å². The van der Waals surface area contributed by atoms with Crippen LogP contribution in [0.5, 0.6) is 5.75 Å². The number of phenolic OH excluding ortho intramolecular Hbond substituents is 1. The van der Waals surface area contributed by atoms with Gasteiger partial charge in [-0.2, -0.15) is 0 Å². The van der Waals surface area contributed by atoms with E-state index < -0.39 is 0 Å². The minimum Gasteiger partial charge on any atom is -0.507 e. The molecule has 1 amide bonds. The van der Waals surface area contributed by atoms with Crippen LogP contribution in [0.1, 0.15) is 22.0 Å². The third-order valence-electron chi connectivity index (χ3n) is 5.39. The van der Waals surface area contributed by atoms with Gasteiger partial charge in [0.25, 0.3) is 5.91 Å². The first-order valence-electron chi connectivity index (χ1n) is 8.97. The molecule has 0 radical (unpaired) electrons. The van der Waals surface area contributed by atoms with E-state index >= 15 is 0 Å². The predicted octanol–water partition coefficient (Wildman–Crippen LogP) is 5.66. The molecule has 2 heterocycles. The summed E-state index contributed by atoms with van der Waals surface area (Å²) in [6, 6.07) is 16.6. The Balaban J connectivity index is 1.65. The third-order valence-corrected chi connectivity index (χ3v) is 6.00. The van der Waals surface area contributed by atoms with E-state index in [1.54, 1.807) is 23.1 Å². The van der Waals surface area contributed by atoms with Gasteiger partial charge >= 0.3 is 0 Å². The maximum atomic E-state index is 13.3. The van der Waals surface area contributed by atoms with Crippen LogP contribution in [0.2, 0.25) is 5.02 Å². The maximum absolute atomic E-state index is 13.3. The van der Waals surface area contributed by atoms with Crippen LogP contribution in [-0.2, 0) is 0 Å². The first-order valence-corrected chi connectivity index (χ1v) is 9.89. The van der Waals surface area contributed by atoms with Crippen LogP contribution in [0.25, 0.3) is 21.7 Å². The number of aromatic amines is 1. The fourth-order valence-electron chi connectivity index (χ4n) is 4.11. The number of aromatic nitrogens is 1. The van der Waals surface area contributed by atoms with E-state index in [2.05, 4.69) is 4.98 Å². The summed E-state index contributed by atoms with van der Waals surface area (Å²) in [4.78, 5) is 18.2. The Bertz CT molecular complexity index is 1250. The van der Waals surface area contributed by atoms with Crippen LogP contribution >= 0.6 is 23.2 Å². The summed E-state index contributed by atoms with van der Waals surface area (Å²) in [5.74, 6) is 0.403. The minimum absolute atomic E-state index is 0.00457. The Kier molecular flexibility index (Phi) is 4.00. The Labute approximate surface area is 171 Å². The van der Waals surface area contributed by atoms with Gasteiger partial charge in [0, 0.05) is 45.7 Å². The molecule has 1 atom stereocenters. The second-order valence-electron chi connectivity index (χ2n) is 7.06. The van der Waals surface area contributed by atoms with Crippen LogP contribution in [0.3, 0.4) is 0 Å². The van der Waals surface area contributed by atoms with Crippen molar-refractivity contribution in [2.24, 2.45) is 0 Å². The Hall–Kier alpha value is -2.69. The maximum Gasteiger partial charge on any atom is 0.274 e. The lowest BCUT2D eigenvalue weighted by atomic mass is 9.95. The molecule has 0 unspecified atom stereocenters. The summed E-state index contributed by atoms with van der Waals surface area (Å²) in [7, 11) is 0. The first-order chi connectivity index (χ1) is 13.6. The van der Waals surface area contributed by atoms with Crippen molar-refractivity contribution in [1.82, 2.24) is 4.98 Å². The number of phenols is 1. The Morgan fingerprint density at radius 2 is 1.93 bits per heavy atom. The number of halogens is 2. The van der Waals surface area contributed by atoms with Gasteiger partial charge in [0.05, 0.1) is 5.69 Å². The fraction of sp³-hybridized carbons (Fsp3) is 0.136. The zero-order valence-electron chi connectivity index (χ0n) is 14.7. The minimum atomic E-state index is -0.157. The molecule has 0 saturated heterocycles. The average Bonchev–Trinajstić information content (AvgIpc) is 3.28. The van der Waals surface area contributed by atoms with Crippen molar-refractivity contribution in [1.29, 1.82) is 0 Å². The zero-order chi connectivity index (χ0) is 19.4. The van der Waals surface area contributed by atoms with E-state index in [9.17, 15) is 9.90 Å². The van der Waals surface area contributed by atoms with Gasteiger partial charge in [0.1, 0.15) is 11.4 Å². The lowest BCUT2D eigenvalue weighted by Crippen LogP contribution is -2.30. The van der Waals surface area contributed by atoms with E-state index in [0.29, 0.717) is 28.8 Å². The second kappa shape index (κ2) is 6.43. The molecule has 1 aromatic heterocycles. The van der Waals surface area contributed by atoms with Gasteiger partial charge in [-0.25, -0.2) is 0 Å². The number of carbonyl (C=O) groups is 1. The largest absolute Gasteiger partial charge is 0.507 e. The number of nitrogens with one attached hydrogen (secondary N) is 1. The van der Waals surface area contributed by atoms with Crippen LogP contribution in [0.4, 0.5) is 5.69 Å². The van der Waals surface area contributed by atoms with Crippen LogP contribution in [0.15, 0.2) is 54.6 Å². The second-order valence-corrected chi connectivity index (χ2v) is 7.80. The summed E-state index contributed by atoms with van der Waals surface area (Å²) in [6.07, 6.45) is 0. The molecular formula is C22H16Cl2N2O2. The summed E-state index contributed by atoms with van der Waals surface area (Å²) in [6.45, 7) is 0.473. The lowest BCUT2D eigenvalue weighted by molar-refractivity contribution is 0.0984. The molecule has 0 fully saturated rings. The monoisotopic (exact) mass is 410 g/mol. The molecule has 0 aliphatic carbocycles. The fourth-order valence-corrected chi connectivity index (χ4v) is 4.54. The number of hydrogen-bond donors (Lipinski definition) is 2. The highest BCUT2D eigenvalue weighted by molar-refractivity contribution is 6.31. The standard InChI is InChI=1S/C22H16Cl2N2O2/c23-10-13-11-26(19-9-20(27)15-3-1-2-4-16(15)21(13)19)22(28)18-8-12-7-14(24)5-6-17(12)25-18/h1-9,13,25,27H,10-11H2/t13-/m1/s1. The summed E-state index contributed by atoms with van der Waals surface area (Å²) < 4.78 is 0. The molecule has 3 aromatic carbocycles. The highest BCUT2D eigenvalue weighted by Crippen LogP contribution is 2.45. The van der Waals surface area contributed by atoms with Crippen molar-refractivity contribution in [2.45, 2.75) is 5.92 Å². The van der Waals surface area contributed by atoms with E-state index in [0.717, 1.165) is 27.2 Å². The molecule has 140 valence electrons. The molecule has 6 heteroatoms. The van der Waals surface area contributed by atoms with Gasteiger partial charge in [0.15, 0.2) is 0 Å². The molecule has 0 spiro atoms. The van der Waals surface area contributed by atoms with Gasteiger partial charge < -0.3 is 15.0 Å². The van der Waals surface area contributed by atoms with Crippen molar-refractivity contribution in [3.63, 3.8) is 0 Å². The van der Waals surface area contributed by atoms with Crippen molar-refractivity contribution >= 4 is 56.5 Å². The van der Waals surface area contributed by atoms with Gasteiger partial charge in [-0.1, -0.05) is 35.9 Å². The Morgan fingerprint density at radius 3 is 2.71 bits per heavy atom. The number of anilines is 1. The number of amides is 1. The molecule has 5 rings (SSSR count). The van der Waals surface area contributed by atoms with E-state index in [4.69, 9.17) is 23.2 Å². The average molecular weight is 411 g/mol. The molecule has 2 N–H and O–H groups in total. The molecule has 4 nitrogen and oxygen atoms in total. The molecule has 1 aliphatic rings. The topological polar surface area (TPSA) is 56.3 Å². The first kappa shape index (κ1) is 17.4. The van der Waals surface area contributed by atoms with Gasteiger partial charge in [0.2, 0.25) is 0 Å². The van der Waals surface area contributed by atoms with Crippen molar-refractivity contribution in [3.8, 4) is 5.75 Å². The number of rotatable bonds is 2. The summed E-state index contributed by atoms with van der Waals surface area (Å²) in [5, 5.41) is 13.7. The third kappa shape index (κ3) is 2.56. The van der Waals surface area contributed by atoms with Gasteiger partial charge in [-0.3, -0.25) is 4.79 Å². The number of carbonyl (C=O) groups excluding carboxylic acids is 1. The smallest absolute Gasteiger partial charge is 0.274 e. The number of alkyl halides is 1. The van der Waals surface area contributed by atoms with Gasteiger partial charge in [-0.05, 0) is 35.2 Å². The quantitative estimate of drug-likeness (QED) is 0.418. The Morgan fingerprint density at radius 1 is 1.14 bits per heavy atom. The number of aromatic hydroxyl groups is 1. The highest BCUT2D eigenvalue weighted by atomic mass is 35.5. The summed E-state index contributed by atoms with van der Waals surface area (Å²) in [5.41, 5.74) is 3.05. The number of hydrogen-bond acceptors (Lipinski definition) is 2. The number of benzene rings is 3. The molecule has 1 aliphatic heterocycles. The molecule has 28 heavy (non-hydrogen) atoms. The van der Waals surface area contributed by atoms with Crippen LogP contribution in [-0.4, -0.2) is 28.4 Å². The van der Waals surface area contributed by atoms with E-state index in [1.807, 2.05) is 36.4 Å². The molecule has 4 aromatic rings. The highest BCUT2D eigenvalue weighted by Gasteiger charge is 2.35. The van der Waals surface area contributed by atoms with E-state index in [1.165, 1.54) is 0 Å². The molecule has 0 bridgehead atoms. The lowest BCUT2D eigenvalue weighted by Gasteiger charge is -2.17.